The maximum Gasteiger partial charge on any atom is 0.251 e. The van der Waals surface area contributed by atoms with Gasteiger partial charge in [-0.1, -0.05) is 31.8 Å². The molecule has 0 aliphatic heterocycles. The fourth-order valence-corrected chi connectivity index (χ4v) is 3.75. The predicted octanol–water partition coefficient (Wildman–Crippen LogP) is 2.19. The summed E-state index contributed by atoms with van der Waals surface area (Å²) in [4.78, 5) is 23.4. The molecule has 0 bridgehead atoms. The van der Waals surface area contributed by atoms with Gasteiger partial charge in [-0.2, -0.15) is 5.26 Å². The minimum Gasteiger partial charge on any atom is -0.490 e. The molecule has 0 aromatic heterocycles. The highest BCUT2D eigenvalue weighted by molar-refractivity contribution is 8.04. The Hall–Kier alpha value is -2.88. The second kappa shape index (κ2) is 25.4. The molecule has 0 spiro atoms. The number of ether oxygens (including phenoxy) is 6. The summed E-state index contributed by atoms with van der Waals surface area (Å²) in [6, 6.07) is 6.74. The van der Waals surface area contributed by atoms with Crippen LogP contribution in [0.1, 0.15) is 37.6 Å². The maximum atomic E-state index is 12.6. The number of nitrogens with one attached hydrogen (secondary N) is 3. The summed E-state index contributed by atoms with van der Waals surface area (Å²) >= 11 is 0.913. The average molecular weight is 637 g/mol. The highest BCUT2D eigenvalue weighted by Gasteiger charge is 2.28. The number of hydrogen-bond donors (Lipinski definition) is 3. The normalized spacial score (nSPS) is 12.1. The third kappa shape index (κ3) is 20.9. The minimum atomic E-state index is -0.995. The van der Waals surface area contributed by atoms with Gasteiger partial charge in [0.2, 0.25) is 5.91 Å². The van der Waals surface area contributed by atoms with Gasteiger partial charge in [-0.15, -0.1) is 0 Å². The number of amides is 2. The van der Waals surface area contributed by atoms with Crippen molar-refractivity contribution in [3.05, 3.63) is 29.8 Å². The number of carbonyl (C=O) groups excluding carboxylic acids is 2. The van der Waals surface area contributed by atoms with E-state index in [4.69, 9.17) is 28.4 Å². The summed E-state index contributed by atoms with van der Waals surface area (Å²) in [5, 5.41) is 19.8. The Kier molecular flexibility index (Phi) is 22.6. The van der Waals surface area contributed by atoms with Crippen LogP contribution in [0.4, 0.5) is 0 Å². The molecule has 246 valence electrons. The molecule has 1 aromatic rings. The first-order valence-corrected chi connectivity index (χ1v) is 15.5. The van der Waals surface area contributed by atoms with E-state index in [1.165, 1.54) is 0 Å². The van der Waals surface area contributed by atoms with Gasteiger partial charge in [-0.25, -0.2) is 0 Å². The molecule has 0 aliphatic rings. The van der Waals surface area contributed by atoms with Crippen LogP contribution in [0.25, 0.3) is 0 Å². The van der Waals surface area contributed by atoms with Crippen LogP contribution in [-0.4, -0.2) is 109 Å². The van der Waals surface area contributed by atoms with Crippen molar-refractivity contribution >= 4 is 23.6 Å². The Balaban J connectivity index is 2.28. The third-order valence-corrected chi connectivity index (χ3v) is 6.24. The standard InChI is InChI=1S/C31H48N4O8S/c1-26(2)8-6-12-34-29(36)23-41-20-21-43-31(3,44-25-32)24-42-28-10-5-9-27(22-28)30(37)35-13-15-39-17-19-40-18-16-38-14-7-11-33-4/h5,9-10,22,26,33H,7,11-21,23-24H2,1-4H3,(H,34,36)(H,35,37)/t31-/m1/s1. The lowest BCUT2D eigenvalue weighted by Gasteiger charge is -2.26. The quantitative estimate of drug-likeness (QED) is 0.0628. The van der Waals surface area contributed by atoms with Crippen LogP contribution in [0.15, 0.2) is 24.3 Å². The summed E-state index contributed by atoms with van der Waals surface area (Å²) < 4.78 is 33.4. The Labute approximate surface area is 266 Å². The first kappa shape index (κ1) is 39.1. The summed E-state index contributed by atoms with van der Waals surface area (Å²) in [6.07, 6.45) is 0.968. The van der Waals surface area contributed by atoms with E-state index in [2.05, 4.69) is 27.8 Å². The van der Waals surface area contributed by atoms with Gasteiger partial charge in [0.15, 0.2) is 4.93 Å². The first-order valence-electron chi connectivity index (χ1n) is 14.7. The van der Waals surface area contributed by atoms with E-state index >= 15 is 0 Å². The van der Waals surface area contributed by atoms with Crippen LogP contribution < -0.4 is 20.7 Å². The minimum absolute atomic E-state index is 0.0453. The molecular formula is C31H48N4O8S. The molecule has 0 saturated carbocycles. The van der Waals surface area contributed by atoms with E-state index in [9.17, 15) is 14.9 Å². The Bertz CT molecular complexity index is 1040. The molecule has 12 nitrogen and oxygen atoms in total. The van der Waals surface area contributed by atoms with E-state index in [1.54, 1.807) is 31.2 Å². The molecule has 13 heteroatoms. The zero-order valence-electron chi connectivity index (χ0n) is 26.4. The van der Waals surface area contributed by atoms with E-state index in [0.29, 0.717) is 57.5 Å². The van der Waals surface area contributed by atoms with Crippen molar-refractivity contribution in [1.82, 2.24) is 16.0 Å². The molecule has 44 heavy (non-hydrogen) atoms. The number of thiocyanates is 1. The van der Waals surface area contributed by atoms with Gasteiger partial charge in [0.1, 0.15) is 24.4 Å². The maximum absolute atomic E-state index is 12.6. The fourth-order valence-electron chi connectivity index (χ4n) is 3.30. The molecule has 0 aliphatic carbocycles. The zero-order valence-corrected chi connectivity index (χ0v) is 27.2. The topological polar surface area (TPSA) is 149 Å². The Morgan fingerprint density at radius 3 is 2.36 bits per heavy atom. The van der Waals surface area contributed by atoms with Crippen molar-refractivity contribution in [3.8, 4) is 23.0 Å². The third-order valence-electron chi connectivity index (χ3n) is 5.48. The van der Waals surface area contributed by atoms with Crippen molar-refractivity contribution in [2.45, 2.75) is 32.1 Å². The molecule has 2 amide bonds. The van der Waals surface area contributed by atoms with Crippen molar-refractivity contribution in [3.63, 3.8) is 0 Å². The summed E-state index contributed by atoms with van der Waals surface area (Å²) in [6.45, 7) is 10.5. The van der Waals surface area contributed by atoms with Gasteiger partial charge in [0.25, 0.3) is 5.91 Å². The lowest BCUT2D eigenvalue weighted by molar-refractivity contribution is -0.126. The van der Waals surface area contributed by atoms with Crippen LogP contribution >= 0.6 is 11.8 Å². The van der Waals surface area contributed by atoms with Gasteiger partial charge >= 0.3 is 0 Å². The van der Waals surface area contributed by atoms with Crippen LogP contribution in [0, 0.1) is 28.4 Å². The monoisotopic (exact) mass is 636 g/mol. The molecule has 1 atom stereocenters. The summed E-state index contributed by atoms with van der Waals surface area (Å²) in [7, 11) is 1.91. The molecule has 0 saturated heterocycles. The fraction of sp³-hybridized carbons (Fsp3) is 0.645. The first-order chi connectivity index (χ1) is 21.3. The molecule has 0 radical (unpaired) electrons. The molecule has 1 aromatic carbocycles. The molecular weight excluding hydrogens is 588 g/mol. The molecule has 0 heterocycles. The van der Waals surface area contributed by atoms with Crippen LogP contribution in [0.5, 0.6) is 5.75 Å². The molecule has 0 fully saturated rings. The van der Waals surface area contributed by atoms with Crippen LogP contribution in [0.3, 0.4) is 0 Å². The van der Waals surface area contributed by atoms with Gasteiger partial charge in [0.05, 0.1) is 52.8 Å². The van der Waals surface area contributed by atoms with Crippen molar-refractivity contribution < 1.29 is 38.0 Å². The lowest BCUT2D eigenvalue weighted by Crippen LogP contribution is -2.34. The largest absolute Gasteiger partial charge is 0.490 e. The lowest BCUT2D eigenvalue weighted by atomic mass is 10.2. The number of nitriles is 1. The number of nitrogens with zero attached hydrogens (tertiary/aromatic N) is 1. The van der Waals surface area contributed by atoms with Crippen molar-refractivity contribution in [1.29, 1.82) is 5.26 Å². The Morgan fingerprint density at radius 2 is 1.66 bits per heavy atom. The number of thioether (sulfide) groups is 1. The van der Waals surface area contributed by atoms with Gasteiger partial charge in [0, 0.05) is 24.6 Å². The Morgan fingerprint density at radius 1 is 0.955 bits per heavy atom. The molecule has 0 unspecified atom stereocenters. The SMILES string of the molecule is CNCCCOCCOCCOCCNC(=O)c1cccc(OC[C@](C)(OCCOCC(=O)NCC#CC(C)C)SC#N)c1. The number of carbonyl (C=O) groups is 2. The smallest absolute Gasteiger partial charge is 0.251 e. The number of hydrogen-bond acceptors (Lipinski definition) is 11. The van der Waals surface area contributed by atoms with E-state index in [0.717, 1.165) is 24.7 Å². The van der Waals surface area contributed by atoms with E-state index in [-0.39, 0.29) is 50.7 Å². The second-order valence-electron chi connectivity index (χ2n) is 9.85. The van der Waals surface area contributed by atoms with Gasteiger partial charge in [-0.05, 0) is 56.9 Å². The van der Waals surface area contributed by atoms with Crippen LogP contribution in [0.2, 0.25) is 0 Å². The highest BCUT2D eigenvalue weighted by Crippen LogP contribution is 2.27. The molecule has 1 rings (SSSR count). The number of benzene rings is 1. The summed E-state index contributed by atoms with van der Waals surface area (Å²) in [5.74, 6) is 6.01. The van der Waals surface area contributed by atoms with Crippen LogP contribution in [-0.2, 0) is 28.5 Å². The average Bonchev–Trinajstić information content (AvgIpc) is 3.00. The van der Waals surface area contributed by atoms with Gasteiger partial charge in [-0.3, -0.25) is 9.59 Å². The number of rotatable bonds is 25. The molecule has 3 N–H and O–H groups in total. The second-order valence-corrected chi connectivity index (χ2v) is 11.1. The van der Waals surface area contributed by atoms with Crippen molar-refractivity contribution in [2.24, 2.45) is 5.92 Å². The van der Waals surface area contributed by atoms with E-state index < -0.39 is 4.93 Å². The van der Waals surface area contributed by atoms with Gasteiger partial charge < -0.3 is 44.4 Å². The highest BCUT2D eigenvalue weighted by atomic mass is 32.2. The summed E-state index contributed by atoms with van der Waals surface area (Å²) in [5.41, 5.74) is 0.429. The van der Waals surface area contributed by atoms with E-state index in [1.807, 2.05) is 26.3 Å². The van der Waals surface area contributed by atoms with Crippen molar-refractivity contribution in [2.75, 3.05) is 92.8 Å². The predicted molar refractivity (Wildman–Crippen MR) is 169 cm³/mol. The zero-order chi connectivity index (χ0) is 32.3.